The molecule has 1 aliphatic rings. The first-order valence-corrected chi connectivity index (χ1v) is 9.59. The van der Waals surface area contributed by atoms with Crippen molar-refractivity contribution in [1.29, 1.82) is 0 Å². The van der Waals surface area contributed by atoms with Gasteiger partial charge in [0, 0.05) is 41.3 Å². The minimum Gasteiger partial charge on any atom is -0.396 e. The molecule has 2 heterocycles. The van der Waals surface area contributed by atoms with Crippen LogP contribution < -0.4 is 10.2 Å². The summed E-state index contributed by atoms with van der Waals surface area (Å²) in [5.74, 6) is 0.716. The van der Waals surface area contributed by atoms with Crippen molar-refractivity contribution in [2.45, 2.75) is 59.5 Å². The normalized spacial score (nSPS) is 18.3. The molecule has 1 aliphatic heterocycles. The van der Waals surface area contributed by atoms with E-state index >= 15 is 0 Å². The second-order valence-corrected chi connectivity index (χ2v) is 9.05. The second kappa shape index (κ2) is 7.72. The average Bonchev–Trinajstić information content (AvgIpc) is 3.06. The third-order valence-corrected chi connectivity index (χ3v) is 6.27. The van der Waals surface area contributed by atoms with E-state index in [1.54, 1.807) is 0 Å². The third-order valence-electron chi connectivity index (χ3n) is 6.27. The van der Waals surface area contributed by atoms with Crippen molar-refractivity contribution in [1.82, 2.24) is 20.2 Å². The molecule has 1 saturated heterocycles. The summed E-state index contributed by atoms with van der Waals surface area (Å²) in [6.45, 7) is 13.4. The summed E-state index contributed by atoms with van der Waals surface area (Å²) >= 11 is 0. The van der Waals surface area contributed by atoms with Gasteiger partial charge in [-0.2, -0.15) is 0 Å². The molecule has 2 N–H and O–H groups in total. The van der Waals surface area contributed by atoms with Gasteiger partial charge in [0.1, 0.15) is 5.82 Å². The zero-order valence-electron chi connectivity index (χ0n) is 18.1. The minimum atomic E-state index is -0.606. The Kier molecular flexibility index (Phi) is 6.16. The molecule has 1 atom stereocenters. The van der Waals surface area contributed by atoms with Crippen molar-refractivity contribution >= 4 is 11.7 Å². The molecule has 0 unspecified atom stereocenters. The number of aliphatic hydroxyl groups excluding tert-OH is 1. The van der Waals surface area contributed by atoms with E-state index in [9.17, 15) is 9.90 Å². The SMILES string of the molecule is Cc1nc(C(=O)NC(C)(C)C(C)(C)CO)nc(N2CC[C@@H](N(C)C)C2)c1C. The summed E-state index contributed by atoms with van der Waals surface area (Å²) in [5, 5.41) is 12.7. The van der Waals surface area contributed by atoms with Gasteiger partial charge in [0.25, 0.3) is 5.91 Å². The fraction of sp³-hybridized carbons (Fsp3) is 0.750. The zero-order chi connectivity index (χ0) is 20.6. The lowest BCUT2D eigenvalue weighted by Gasteiger charge is -2.40. The molecule has 0 bridgehead atoms. The number of nitrogens with one attached hydrogen (secondary N) is 1. The van der Waals surface area contributed by atoms with Crippen molar-refractivity contribution in [3.8, 4) is 0 Å². The van der Waals surface area contributed by atoms with Crippen LogP contribution in [-0.4, -0.2) is 71.3 Å². The monoisotopic (exact) mass is 377 g/mol. The molecule has 1 amide bonds. The molecule has 1 fully saturated rings. The Labute approximate surface area is 163 Å². The quantitative estimate of drug-likeness (QED) is 0.786. The highest BCUT2D eigenvalue weighted by atomic mass is 16.3. The first-order valence-electron chi connectivity index (χ1n) is 9.59. The molecule has 0 aliphatic carbocycles. The van der Waals surface area contributed by atoms with E-state index in [4.69, 9.17) is 0 Å². The van der Waals surface area contributed by atoms with Gasteiger partial charge in [-0.1, -0.05) is 13.8 Å². The maximum absolute atomic E-state index is 12.9. The van der Waals surface area contributed by atoms with Gasteiger partial charge in [-0.3, -0.25) is 4.79 Å². The third kappa shape index (κ3) is 4.41. The van der Waals surface area contributed by atoms with Gasteiger partial charge in [0.05, 0.1) is 6.61 Å². The Hall–Kier alpha value is -1.73. The first kappa shape index (κ1) is 21.6. The number of aryl methyl sites for hydroxylation is 1. The lowest BCUT2D eigenvalue weighted by molar-refractivity contribution is 0.0566. The number of rotatable bonds is 6. The van der Waals surface area contributed by atoms with Gasteiger partial charge in [0.2, 0.25) is 5.82 Å². The molecular weight excluding hydrogens is 342 g/mol. The standard InChI is InChI=1S/C20H35N5O2/c1-13-14(2)21-16(18(27)23-20(5,6)19(3,4)12-26)22-17(13)25-10-9-15(11-25)24(7)8/h15,26H,9-12H2,1-8H3,(H,23,27)/t15-/m1/s1. The zero-order valence-corrected chi connectivity index (χ0v) is 18.1. The van der Waals surface area contributed by atoms with Crippen LogP contribution in [0.1, 0.15) is 56.0 Å². The molecule has 152 valence electrons. The van der Waals surface area contributed by atoms with Gasteiger partial charge in [-0.15, -0.1) is 0 Å². The summed E-state index contributed by atoms with van der Waals surface area (Å²) in [7, 11) is 4.19. The Morgan fingerprint density at radius 3 is 2.41 bits per heavy atom. The molecular formula is C20H35N5O2. The predicted molar refractivity (Wildman–Crippen MR) is 108 cm³/mol. The summed E-state index contributed by atoms with van der Waals surface area (Å²) in [4.78, 5) is 26.4. The van der Waals surface area contributed by atoms with Crippen LogP contribution in [0.15, 0.2) is 0 Å². The van der Waals surface area contributed by atoms with E-state index < -0.39 is 11.0 Å². The molecule has 27 heavy (non-hydrogen) atoms. The Morgan fingerprint density at radius 2 is 1.89 bits per heavy atom. The van der Waals surface area contributed by atoms with Gasteiger partial charge in [0.15, 0.2) is 0 Å². The number of carbonyl (C=O) groups excluding carboxylic acids is 1. The topological polar surface area (TPSA) is 81.6 Å². The minimum absolute atomic E-state index is 0.0288. The highest BCUT2D eigenvalue weighted by Crippen LogP contribution is 2.30. The van der Waals surface area contributed by atoms with Crippen LogP contribution >= 0.6 is 0 Å². The van der Waals surface area contributed by atoms with Crippen LogP contribution in [0.3, 0.4) is 0 Å². The highest BCUT2D eigenvalue weighted by molar-refractivity contribution is 5.91. The molecule has 1 aromatic rings. The number of amides is 1. The Bertz CT molecular complexity index is 700. The summed E-state index contributed by atoms with van der Waals surface area (Å²) in [5.41, 5.74) is 0.753. The number of nitrogens with zero attached hydrogens (tertiary/aromatic N) is 4. The van der Waals surface area contributed by atoms with Crippen molar-refractivity contribution in [3.05, 3.63) is 17.1 Å². The van der Waals surface area contributed by atoms with Crippen LogP contribution in [-0.2, 0) is 0 Å². The van der Waals surface area contributed by atoms with Crippen molar-refractivity contribution in [3.63, 3.8) is 0 Å². The molecule has 0 radical (unpaired) electrons. The van der Waals surface area contributed by atoms with Gasteiger partial charge in [-0.25, -0.2) is 9.97 Å². The number of aromatic nitrogens is 2. The fourth-order valence-electron chi connectivity index (χ4n) is 3.09. The second-order valence-electron chi connectivity index (χ2n) is 9.05. The number of hydrogen-bond donors (Lipinski definition) is 2. The van der Waals surface area contributed by atoms with Gasteiger partial charge in [-0.05, 0) is 48.2 Å². The Morgan fingerprint density at radius 1 is 1.26 bits per heavy atom. The molecule has 0 spiro atoms. The van der Waals surface area contributed by atoms with E-state index in [0.29, 0.717) is 6.04 Å². The molecule has 2 rings (SSSR count). The van der Waals surface area contributed by atoms with E-state index in [2.05, 4.69) is 39.2 Å². The van der Waals surface area contributed by atoms with E-state index in [1.165, 1.54) is 0 Å². The predicted octanol–water partition coefficient (Wildman–Crippen LogP) is 1.76. The molecule has 7 heteroatoms. The van der Waals surface area contributed by atoms with Crippen LogP contribution in [0.2, 0.25) is 0 Å². The largest absolute Gasteiger partial charge is 0.396 e. The number of aliphatic hydroxyl groups is 1. The van der Waals surface area contributed by atoms with E-state index in [0.717, 1.165) is 36.6 Å². The van der Waals surface area contributed by atoms with Crippen LogP contribution in [0.5, 0.6) is 0 Å². The van der Waals surface area contributed by atoms with E-state index in [1.807, 2.05) is 41.5 Å². The molecule has 7 nitrogen and oxygen atoms in total. The fourth-order valence-corrected chi connectivity index (χ4v) is 3.09. The smallest absolute Gasteiger partial charge is 0.289 e. The van der Waals surface area contributed by atoms with Crippen molar-refractivity contribution in [2.75, 3.05) is 38.7 Å². The molecule has 0 aromatic carbocycles. The first-order chi connectivity index (χ1) is 12.4. The lowest BCUT2D eigenvalue weighted by Crippen LogP contribution is -2.55. The van der Waals surface area contributed by atoms with Gasteiger partial charge >= 0.3 is 0 Å². The van der Waals surface area contributed by atoms with Gasteiger partial charge < -0.3 is 20.2 Å². The Balaban J connectivity index is 2.29. The van der Waals surface area contributed by atoms with Crippen LogP contribution in [0.25, 0.3) is 0 Å². The summed E-state index contributed by atoms with van der Waals surface area (Å²) < 4.78 is 0. The lowest BCUT2D eigenvalue weighted by atomic mass is 9.75. The highest BCUT2D eigenvalue weighted by Gasteiger charge is 2.38. The van der Waals surface area contributed by atoms with Crippen molar-refractivity contribution < 1.29 is 9.90 Å². The summed E-state index contributed by atoms with van der Waals surface area (Å²) in [6.07, 6.45) is 1.08. The van der Waals surface area contributed by atoms with E-state index in [-0.39, 0.29) is 18.3 Å². The summed E-state index contributed by atoms with van der Waals surface area (Å²) in [6, 6.07) is 0.487. The molecule has 0 saturated carbocycles. The molecule has 1 aromatic heterocycles. The van der Waals surface area contributed by atoms with Crippen LogP contribution in [0.4, 0.5) is 5.82 Å². The number of hydrogen-bond acceptors (Lipinski definition) is 6. The maximum atomic E-state index is 12.9. The van der Waals surface area contributed by atoms with Crippen molar-refractivity contribution in [2.24, 2.45) is 5.41 Å². The maximum Gasteiger partial charge on any atom is 0.289 e. The number of likely N-dealkylation sites (N-methyl/N-ethyl adjacent to an activating group) is 1. The van der Waals surface area contributed by atoms with Crippen LogP contribution in [0, 0.1) is 19.3 Å². The number of carbonyl (C=O) groups is 1. The average molecular weight is 378 g/mol. The number of anilines is 1.